The van der Waals surface area contributed by atoms with Crippen molar-refractivity contribution in [2.75, 3.05) is 4.72 Å². The molecular formula is C17H13N5O4S. The van der Waals surface area contributed by atoms with E-state index in [1.807, 2.05) is 0 Å². The maximum Gasteiger partial charge on any atom is 0.336 e. The van der Waals surface area contributed by atoms with Gasteiger partial charge in [-0.1, -0.05) is 12.1 Å². The Labute approximate surface area is 153 Å². The largest absolute Gasteiger partial charge is 0.423 e. The molecule has 0 saturated heterocycles. The molecule has 4 rings (SSSR count). The summed E-state index contributed by atoms with van der Waals surface area (Å²) in [6, 6.07) is 13.8. The van der Waals surface area contributed by atoms with Crippen LogP contribution in [-0.4, -0.2) is 28.6 Å². The number of nitrogens with zero attached hydrogens (tertiary/aromatic N) is 4. The number of benzene rings is 2. The Morgan fingerprint density at radius 2 is 1.93 bits per heavy atom. The number of tetrazole rings is 1. The molecule has 1 N–H and O–H groups in total. The Morgan fingerprint density at radius 1 is 1.07 bits per heavy atom. The van der Waals surface area contributed by atoms with Gasteiger partial charge in [0, 0.05) is 29.8 Å². The van der Waals surface area contributed by atoms with Crippen LogP contribution in [0.15, 0.2) is 68.7 Å². The standard InChI is InChI=1S/C17H13N5O4S/c1-22-17(18-20-21-22)12-3-2-4-13(9-12)19-27(24,25)14-6-7-15-11(10-14)5-8-16(23)26-15/h2-10,19H,1H3. The minimum absolute atomic E-state index is 0.0505. The van der Waals surface area contributed by atoms with Crippen LogP contribution in [0.3, 0.4) is 0 Å². The Bertz CT molecular complexity index is 1310. The van der Waals surface area contributed by atoms with E-state index >= 15 is 0 Å². The molecule has 136 valence electrons. The van der Waals surface area contributed by atoms with E-state index in [0.717, 1.165) is 0 Å². The van der Waals surface area contributed by atoms with Gasteiger partial charge in [-0.3, -0.25) is 4.72 Å². The van der Waals surface area contributed by atoms with Crippen molar-refractivity contribution in [2.45, 2.75) is 4.90 Å². The summed E-state index contributed by atoms with van der Waals surface area (Å²) < 4.78 is 34.5. The topological polar surface area (TPSA) is 120 Å². The fourth-order valence-corrected chi connectivity index (χ4v) is 3.71. The molecule has 0 spiro atoms. The second-order valence-electron chi connectivity index (χ2n) is 5.77. The van der Waals surface area contributed by atoms with Gasteiger partial charge in [0.15, 0.2) is 5.82 Å². The number of rotatable bonds is 4. The number of hydrogen-bond acceptors (Lipinski definition) is 7. The monoisotopic (exact) mass is 383 g/mol. The summed E-state index contributed by atoms with van der Waals surface area (Å²) in [5, 5.41) is 11.8. The van der Waals surface area contributed by atoms with Crippen LogP contribution in [0.1, 0.15) is 0 Å². The summed E-state index contributed by atoms with van der Waals surface area (Å²) in [7, 11) is -2.14. The van der Waals surface area contributed by atoms with Crippen LogP contribution < -0.4 is 10.3 Å². The lowest BCUT2D eigenvalue weighted by Crippen LogP contribution is -2.13. The second-order valence-corrected chi connectivity index (χ2v) is 7.45. The summed E-state index contributed by atoms with van der Waals surface area (Å²) in [5.41, 5.74) is 0.864. The summed E-state index contributed by atoms with van der Waals surface area (Å²) in [6.07, 6.45) is 0. The zero-order chi connectivity index (χ0) is 19.0. The van der Waals surface area contributed by atoms with E-state index in [0.29, 0.717) is 28.0 Å². The number of nitrogens with one attached hydrogen (secondary N) is 1. The molecule has 0 unspecified atom stereocenters. The van der Waals surface area contributed by atoms with Gasteiger partial charge in [0.2, 0.25) is 0 Å². The average Bonchev–Trinajstić information content (AvgIpc) is 3.07. The van der Waals surface area contributed by atoms with Crippen molar-refractivity contribution in [1.29, 1.82) is 0 Å². The fourth-order valence-electron chi connectivity index (χ4n) is 2.63. The van der Waals surface area contributed by atoms with Crippen molar-refractivity contribution in [2.24, 2.45) is 7.05 Å². The van der Waals surface area contributed by atoms with Gasteiger partial charge in [-0.15, -0.1) is 5.10 Å². The third-order valence-corrected chi connectivity index (χ3v) is 5.27. The highest BCUT2D eigenvalue weighted by Gasteiger charge is 2.16. The third-order valence-electron chi connectivity index (χ3n) is 3.89. The molecule has 9 nitrogen and oxygen atoms in total. The van der Waals surface area contributed by atoms with Crippen LogP contribution in [-0.2, 0) is 17.1 Å². The minimum atomic E-state index is -3.84. The molecule has 2 aromatic heterocycles. The van der Waals surface area contributed by atoms with E-state index in [9.17, 15) is 13.2 Å². The van der Waals surface area contributed by atoms with Crippen LogP contribution in [0, 0.1) is 0 Å². The number of sulfonamides is 1. The zero-order valence-corrected chi connectivity index (χ0v) is 14.8. The normalized spacial score (nSPS) is 11.6. The highest BCUT2D eigenvalue weighted by Crippen LogP contribution is 2.23. The molecule has 10 heteroatoms. The van der Waals surface area contributed by atoms with Gasteiger partial charge in [-0.05, 0) is 46.8 Å². The van der Waals surface area contributed by atoms with Gasteiger partial charge in [0.25, 0.3) is 10.0 Å². The van der Waals surface area contributed by atoms with Gasteiger partial charge in [-0.2, -0.15) is 0 Å². The second kappa shape index (κ2) is 6.32. The van der Waals surface area contributed by atoms with Crippen LogP contribution in [0.5, 0.6) is 0 Å². The van der Waals surface area contributed by atoms with Crippen molar-refractivity contribution in [3.05, 3.63) is 65.0 Å². The molecule has 0 fully saturated rings. The molecule has 0 radical (unpaired) electrons. The molecule has 0 amide bonds. The molecule has 0 saturated carbocycles. The fraction of sp³-hybridized carbons (Fsp3) is 0.0588. The van der Waals surface area contributed by atoms with E-state index < -0.39 is 15.6 Å². The van der Waals surface area contributed by atoms with E-state index in [2.05, 4.69) is 20.2 Å². The maximum absolute atomic E-state index is 12.7. The molecule has 0 aliphatic carbocycles. The summed E-state index contributed by atoms with van der Waals surface area (Å²) in [6.45, 7) is 0. The van der Waals surface area contributed by atoms with E-state index in [1.165, 1.54) is 35.0 Å². The summed E-state index contributed by atoms with van der Waals surface area (Å²) in [4.78, 5) is 11.3. The summed E-state index contributed by atoms with van der Waals surface area (Å²) >= 11 is 0. The lowest BCUT2D eigenvalue weighted by molar-refractivity contribution is 0.560. The third kappa shape index (κ3) is 3.29. The molecule has 2 aromatic carbocycles. The molecule has 0 aliphatic heterocycles. The molecule has 0 atom stereocenters. The van der Waals surface area contributed by atoms with E-state index in [4.69, 9.17) is 4.42 Å². The van der Waals surface area contributed by atoms with Crippen LogP contribution >= 0.6 is 0 Å². The predicted octanol–water partition coefficient (Wildman–Crippen LogP) is 1.78. The lowest BCUT2D eigenvalue weighted by Gasteiger charge is -2.10. The first-order valence-electron chi connectivity index (χ1n) is 7.82. The van der Waals surface area contributed by atoms with Crippen molar-refractivity contribution >= 4 is 26.7 Å². The number of hydrogen-bond donors (Lipinski definition) is 1. The smallest absolute Gasteiger partial charge is 0.336 e. The Morgan fingerprint density at radius 3 is 2.70 bits per heavy atom. The van der Waals surface area contributed by atoms with Crippen molar-refractivity contribution in [3.63, 3.8) is 0 Å². The highest BCUT2D eigenvalue weighted by atomic mass is 32.2. The van der Waals surface area contributed by atoms with Gasteiger partial charge >= 0.3 is 5.63 Å². The Hall–Kier alpha value is -3.53. The average molecular weight is 383 g/mol. The molecule has 0 aliphatic rings. The zero-order valence-electron chi connectivity index (χ0n) is 14.0. The van der Waals surface area contributed by atoms with Crippen molar-refractivity contribution in [1.82, 2.24) is 20.2 Å². The first kappa shape index (κ1) is 16.9. The van der Waals surface area contributed by atoms with Crippen LogP contribution in [0.2, 0.25) is 0 Å². The minimum Gasteiger partial charge on any atom is -0.423 e. The molecule has 0 bridgehead atoms. The SMILES string of the molecule is Cn1nnnc1-c1cccc(NS(=O)(=O)c2ccc3oc(=O)ccc3c2)c1. The van der Waals surface area contributed by atoms with Gasteiger partial charge in [-0.25, -0.2) is 17.9 Å². The number of fused-ring (bicyclic) bond motifs is 1. The Balaban J connectivity index is 1.68. The molecule has 27 heavy (non-hydrogen) atoms. The predicted molar refractivity (Wildman–Crippen MR) is 97.5 cm³/mol. The lowest BCUT2D eigenvalue weighted by atomic mass is 10.2. The quantitative estimate of drug-likeness (QED) is 0.533. The molecule has 2 heterocycles. The van der Waals surface area contributed by atoms with Crippen LogP contribution in [0.25, 0.3) is 22.4 Å². The number of aryl methyl sites for hydroxylation is 1. The molecular weight excluding hydrogens is 370 g/mol. The van der Waals surface area contributed by atoms with E-state index in [1.54, 1.807) is 31.3 Å². The van der Waals surface area contributed by atoms with E-state index in [-0.39, 0.29) is 4.90 Å². The number of anilines is 1. The van der Waals surface area contributed by atoms with Crippen molar-refractivity contribution < 1.29 is 12.8 Å². The van der Waals surface area contributed by atoms with Gasteiger partial charge in [0.05, 0.1) is 4.90 Å². The first-order chi connectivity index (χ1) is 12.9. The summed E-state index contributed by atoms with van der Waals surface area (Å²) in [5.74, 6) is 0.511. The Kier molecular flexibility index (Phi) is 3.96. The van der Waals surface area contributed by atoms with Crippen molar-refractivity contribution in [3.8, 4) is 11.4 Å². The highest BCUT2D eigenvalue weighted by molar-refractivity contribution is 7.92. The van der Waals surface area contributed by atoms with Crippen LogP contribution in [0.4, 0.5) is 5.69 Å². The van der Waals surface area contributed by atoms with Gasteiger partial charge < -0.3 is 4.42 Å². The number of aromatic nitrogens is 4. The van der Waals surface area contributed by atoms with Gasteiger partial charge in [0.1, 0.15) is 5.58 Å². The molecule has 4 aromatic rings. The first-order valence-corrected chi connectivity index (χ1v) is 9.30. The maximum atomic E-state index is 12.7.